The maximum absolute atomic E-state index is 5.04. The first-order chi connectivity index (χ1) is 5.84. The van der Waals surface area contributed by atoms with Crippen LogP contribution in [0.25, 0.3) is 0 Å². The quantitative estimate of drug-likeness (QED) is 0.609. The molecule has 0 saturated carbocycles. The molecule has 1 radical (unpaired) electrons. The first kappa shape index (κ1) is 9.96. The first-order valence-electron chi connectivity index (χ1n) is 4.67. The van der Waals surface area contributed by atoms with Gasteiger partial charge < -0.3 is 9.64 Å². The number of methoxy groups -OCH3 is 1. The molecule has 0 spiro atoms. The fraction of sp³-hybridized carbons (Fsp3) is 1.00. The van der Waals surface area contributed by atoms with E-state index in [1.807, 2.05) is 0 Å². The van der Waals surface area contributed by atoms with E-state index in [1.165, 1.54) is 12.8 Å². The third-order valence-corrected chi connectivity index (χ3v) is 2.51. The van der Waals surface area contributed by atoms with Gasteiger partial charge in [-0.05, 0) is 19.9 Å². The lowest BCUT2D eigenvalue weighted by Gasteiger charge is -2.30. The number of piperidine rings is 1. The molecule has 0 amide bonds. The van der Waals surface area contributed by atoms with Crippen molar-refractivity contribution in [3.05, 3.63) is 0 Å². The molecule has 1 saturated heterocycles. The van der Waals surface area contributed by atoms with Crippen LogP contribution < -0.4 is 5.32 Å². The number of hydrogen-bond donors (Lipinski definition) is 0. The number of ether oxygens (including phenoxy) is 1. The summed E-state index contributed by atoms with van der Waals surface area (Å²) in [5.74, 6) is 0. The van der Waals surface area contributed by atoms with Crippen molar-refractivity contribution in [1.82, 2.24) is 10.2 Å². The number of hydrogen-bond acceptors (Lipinski definition) is 2. The lowest BCUT2D eigenvalue weighted by atomic mass is 10.1. The van der Waals surface area contributed by atoms with Crippen molar-refractivity contribution in [2.24, 2.45) is 0 Å². The summed E-state index contributed by atoms with van der Waals surface area (Å²) in [6.07, 6.45) is 2.44. The topological polar surface area (TPSA) is 26.6 Å². The summed E-state index contributed by atoms with van der Waals surface area (Å²) >= 11 is 0. The zero-order chi connectivity index (χ0) is 8.81. The van der Waals surface area contributed by atoms with Crippen molar-refractivity contribution < 1.29 is 4.74 Å². The predicted molar refractivity (Wildman–Crippen MR) is 49.4 cm³/mol. The van der Waals surface area contributed by atoms with Gasteiger partial charge in [0.25, 0.3) is 0 Å². The van der Waals surface area contributed by atoms with Crippen molar-refractivity contribution in [2.45, 2.75) is 18.9 Å². The molecular weight excluding hydrogens is 152 g/mol. The van der Waals surface area contributed by atoms with Crippen LogP contribution in [0.1, 0.15) is 12.8 Å². The highest BCUT2D eigenvalue weighted by Gasteiger charge is 2.17. The minimum absolute atomic E-state index is 0.734. The Balaban J connectivity index is 2.15. The summed E-state index contributed by atoms with van der Waals surface area (Å²) in [5.41, 5.74) is 0. The molecule has 1 fully saturated rings. The van der Waals surface area contributed by atoms with Crippen LogP contribution in [0.5, 0.6) is 0 Å². The minimum atomic E-state index is 0.734. The molecule has 0 unspecified atom stereocenters. The highest BCUT2D eigenvalue weighted by atomic mass is 16.5. The summed E-state index contributed by atoms with van der Waals surface area (Å²) in [7, 11) is 3.93. The summed E-state index contributed by atoms with van der Waals surface area (Å²) in [6, 6.07) is 0.734. The van der Waals surface area contributed by atoms with E-state index in [9.17, 15) is 0 Å². The Kier molecular flexibility index (Phi) is 4.58. The lowest BCUT2D eigenvalue weighted by Crippen LogP contribution is -2.40. The molecule has 1 aliphatic heterocycles. The van der Waals surface area contributed by atoms with Crippen LogP contribution in [-0.2, 0) is 4.74 Å². The minimum Gasteiger partial charge on any atom is -0.383 e. The van der Waals surface area contributed by atoms with Gasteiger partial charge >= 0.3 is 0 Å². The molecule has 3 heteroatoms. The molecule has 0 N–H and O–H groups in total. The summed E-state index contributed by atoms with van der Waals surface area (Å²) in [6.45, 7) is 3.97. The van der Waals surface area contributed by atoms with E-state index in [0.29, 0.717) is 0 Å². The van der Waals surface area contributed by atoms with Gasteiger partial charge in [0, 0.05) is 32.8 Å². The van der Waals surface area contributed by atoms with Gasteiger partial charge in [-0.2, -0.15) is 0 Å². The molecule has 0 aliphatic carbocycles. The second kappa shape index (κ2) is 5.51. The Labute approximate surface area is 75.1 Å². The van der Waals surface area contributed by atoms with E-state index in [0.717, 1.165) is 32.3 Å². The van der Waals surface area contributed by atoms with Crippen molar-refractivity contribution in [3.8, 4) is 0 Å². The molecule has 0 aromatic heterocycles. The highest BCUT2D eigenvalue weighted by Crippen LogP contribution is 2.09. The van der Waals surface area contributed by atoms with Crippen LogP contribution in [0.4, 0.5) is 0 Å². The van der Waals surface area contributed by atoms with Gasteiger partial charge in [0.15, 0.2) is 0 Å². The molecule has 71 valence electrons. The van der Waals surface area contributed by atoms with E-state index >= 15 is 0 Å². The molecular formula is C9H19N2O. The monoisotopic (exact) mass is 171 g/mol. The first-order valence-corrected chi connectivity index (χ1v) is 4.67. The van der Waals surface area contributed by atoms with Crippen molar-refractivity contribution in [1.29, 1.82) is 0 Å². The van der Waals surface area contributed by atoms with Crippen LogP contribution in [0, 0.1) is 0 Å². The number of likely N-dealkylation sites (N-methyl/N-ethyl adjacent to an activating group) is 1. The molecule has 3 nitrogen and oxygen atoms in total. The molecule has 1 rings (SSSR count). The Morgan fingerprint density at radius 1 is 1.42 bits per heavy atom. The summed E-state index contributed by atoms with van der Waals surface area (Å²) in [4.78, 5) is 2.39. The Morgan fingerprint density at radius 2 is 2.08 bits per heavy atom. The second-order valence-electron chi connectivity index (χ2n) is 3.38. The smallest absolute Gasteiger partial charge is 0.0589 e. The zero-order valence-electron chi connectivity index (χ0n) is 8.12. The van der Waals surface area contributed by atoms with Gasteiger partial charge in [0.05, 0.1) is 6.61 Å². The summed E-state index contributed by atoms with van der Waals surface area (Å²) in [5, 5.41) is 4.33. The third kappa shape index (κ3) is 3.09. The fourth-order valence-corrected chi connectivity index (χ4v) is 1.60. The Bertz CT molecular complexity index is 113. The van der Waals surface area contributed by atoms with Crippen molar-refractivity contribution in [3.63, 3.8) is 0 Å². The molecule has 0 aromatic rings. The van der Waals surface area contributed by atoms with Gasteiger partial charge in [0.1, 0.15) is 0 Å². The van der Waals surface area contributed by atoms with Crippen LogP contribution in [-0.4, -0.2) is 51.3 Å². The van der Waals surface area contributed by atoms with E-state index in [-0.39, 0.29) is 0 Å². The van der Waals surface area contributed by atoms with E-state index in [2.05, 4.69) is 17.3 Å². The van der Waals surface area contributed by atoms with Gasteiger partial charge in [-0.3, -0.25) is 0 Å². The van der Waals surface area contributed by atoms with Gasteiger partial charge in [-0.1, -0.05) is 0 Å². The zero-order valence-corrected chi connectivity index (χ0v) is 8.12. The van der Waals surface area contributed by atoms with E-state index in [4.69, 9.17) is 4.74 Å². The maximum atomic E-state index is 5.04. The van der Waals surface area contributed by atoms with Gasteiger partial charge in [-0.15, -0.1) is 0 Å². The normalized spacial score (nSPS) is 20.2. The highest BCUT2D eigenvalue weighted by molar-refractivity contribution is 4.75. The van der Waals surface area contributed by atoms with Crippen LogP contribution in [0.3, 0.4) is 0 Å². The van der Waals surface area contributed by atoms with Crippen LogP contribution >= 0.6 is 0 Å². The molecule has 12 heavy (non-hydrogen) atoms. The lowest BCUT2D eigenvalue weighted by molar-refractivity contribution is 0.125. The molecule has 0 aromatic carbocycles. The standard InChI is InChI=1S/C9H19N2O/c1-11(7-8-12-2)9-3-5-10-6-4-9/h9H,3-8H2,1-2H3. The number of nitrogens with zero attached hydrogens (tertiary/aromatic N) is 2. The van der Waals surface area contributed by atoms with Crippen LogP contribution in [0.15, 0.2) is 0 Å². The largest absolute Gasteiger partial charge is 0.383 e. The van der Waals surface area contributed by atoms with Crippen molar-refractivity contribution in [2.75, 3.05) is 40.4 Å². The molecule has 1 aliphatic rings. The molecule has 1 heterocycles. The number of rotatable bonds is 4. The van der Waals surface area contributed by atoms with Gasteiger partial charge in [0.2, 0.25) is 0 Å². The fourth-order valence-electron chi connectivity index (χ4n) is 1.60. The molecule has 0 bridgehead atoms. The van der Waals surface area contributed by atoms with E-state index < -0.39 is 0 Å². The Morgan fingerprint density at radius 3 is 2.67 bits per heavy atom. The Hall–Kier alpha value is -0.120. The average Bonchev–Trinajstić information content (AvgIpc) is 2.15. The summed E-state index contributed by atoms with van der Waals surface area (Å²) < 4.78 is 5.04. The predicted octanol–water partition coefficient (Wildman–Crippen LogP) is 0.331. The van der Waals surface area contributed by atoms with Gasteiger partial charge in [-0.25, -0.2) is 5.32 Å². The SMILES string of the molecule is COCCN(C)C1CC[N]CC1. The van der Waals surface area contributed by atoms with Crippen LogP contribution in [0.2, 0.25) is 0 Å². The average molecular weight is 171 g/mol. The third-order valence-electron chi connectivity index (χ3n) is 2.51. The second-order valence-corrected chi connectivity index (χ2v) is 3.38. The van der Waals surface area contributed by atoms with Crippen molar-refractivity contribution >= 4 is 0 Å². The van der Waals surface area contributed by atoms with E-state index in [1.54, 1.807) is 7.11 Å². The maximum Gasteiger partial charge on any atom is 0.0589 e. The molecule has 0 atom stereocenters.